The quantitative estimate of drug-likeness (QED) is 0.530. The highest BCUT2D eigenvalue weighted by Crippen LogP contribution is 2.12. The van der Waals surface area contributed by atoms with Crippen LogP contribution in [0.1, 0.15) is 5.56 Å². The van der Waals surface area contributed by atoms with Crippen molar-refractivity contribution in [2.75, 3.05) is 0 Å². The number of aryl methyl sites for hydroxylation is 1. The average Bonchev–Trinajstić information content (AvgIpc) is 2.14. The van der Waals surface area contributed by atoms with Gasteiger partial charge in [0.2, 0.25) is 0 Å². The van der Waals surface area contributed by atoms with E-state index < -0.39 is 0 Å². The third-order valence-electron chi connectivity index (χ3n) is 1.09. The lowest BCUT2D eigenvalue weighted by atomic mass is 10.4. The van der Waals surface area contributed by atoms with E-state index in [2.05, 4.69) is 16.7 Å². The van der Waals surface area contributed by atoms with Gasteiger partial charge in [0, 0.05) is 6.20 Å². The van der Waals surface area contributed by atoms with Gasteiger partial charge in [0.15, 0.2) is 0 Å². The zero-order chi connectivity index (χ0) is 5.98. The molecule has 1 aromatic heterocycles. The minimum Gasteiger partial charge on any atom is -0.346 e. The summed E-state index contributed by atoms with van der Waals surface area (Å²) in [7, 11) is 0. The summed E-state index contributed by atoms with van der Waals surface area (Å²) in [6, 6.07) is 1.96. The van der Waals surface area contributed by atoms with Gasteiger partial charge < -0.3 is 4.98 Å². The van der Waals surface area contributed by atoms with Gasteiger partial charge in [0.05, 0.1) is 0 Å². The monoisotopic (exact) mass is 108 g/mol. The van der Waals surface area contributed by atoms with Gasteiger partial charge in [-0.2, -0.15) is 0 Å². The van der Waals surface area contributed by atoms with Crippen molar-refractivity contribution in [1.29, 1.82) is 0 Å². The Bertz CT molecular complexity index is 188. The van der Waals surface area contributed by atoms with Crippen molar-refractivity contribution in [3.63, 3.8) is 0 Å². The Hall–Kier alpha value is -1.05. The summed E-state index contributed by atoms with van der Waals surface area (Å²) < 4.78 is 0. The first-order valence-corrected chi connectivity index (χ1v) is 2.45. The Labute approximate surface area is 48.3 Å². The second-order valence-corrected chi connectivity index (χ2v) is 1.67. The van der Waals surface area contributed by atoms with Crippen molar-refractivity contribution in [2.24, 2.45) is 4.99 Å². The van der Waals surface area contributed by atoms with Crippen LogP contribution < -0.4 is 0 Å². The topological polar surface area (TPSA) is 28.1 Å². The molecule has 1 heterocycles. The number of aromatic amines is 1. The summed E-state index contributed by atoms with van der Waals surface area (Å²) in [6.07, 6.45) is 1.85. The fourth-order valence-electron chi connectivity index (χ4n) is 0.609. The van der Waals surface area contributed by atoms with Gasteiger partial charge in [0.1, 0.15) is 5.82 Å². The first-order chi connectivity index (χ1) is 3.84. The number of aromatic nitrogens is 1. The number of H-pyrrole nitrogens is 1. The van der Waals surface area contributed by atoms with Crippen LogP contribution in [0.4, 0.5) is 5.82 Å². The molecule has 0 aromatic carbocycles. The predicted octanol–water partition coefficient (Wildman–Crippen LogP) is 1.66. The summed E-state index contributed by atoms with van der Waals surface area (Å²) in [5.74, 6) is 0.866. The van der Waals surface area contributed by atoms with Crippen molar-refractivity contribution in [3.05, 3.63) is 17.8 Å². The Kier molecular flexibility index (Phi) is 1.16. The molecular formula is C6H8N2. The van der Waals surface area contributed by atoms with E-state index >= 15 is 0 Å². The second-order valence-electron chi connectivity index (χ2n) is 1.67. The zero-order valence-corrected chi connectivity index (χ0v) is 4.81. The number of hydrogen-bond donors (Lipinski definition) is 1. The van der Waals surface area contributed by atoms with Crippen LogP contribution in [-0.2, 0) is 0 Å². The van der Waals surface area contributed by atoms with Crippen LogP contribution in [0, 0.1) is 6.92 Å². The third kappa shape index (κ3) is 0.644. The SMILES string of the molecule is C=Nc1[nH]ccc1C. The number of rotatable bonds is 1. The van der Waals surface area contributed by atoms with Crippen molar-refractivity contribution in [2.45, 2.75) is 6.92 Å². The molecule has 2 nitrogen and oxygen atoms in total. The maximum absolute atomic E-state index is 3.72. The molecular weight excluding hydrogens is 100 g/mol. The molecule has 0 amide bonds. The molecule has 0 spiro atoms. The number of nitrogens with one attached hydrogen (secondary N) is 1. The van der Waals surface area contributed by atoms with Crippen LogP contribution in [0.5, 0.6) is 0 Å². The van der Waals surface area contributed by atoms with Gasteiger partial charge in [0.25, 0.3) is 0 Å². The van der Waals surface area contributed by atoms with Crippen LogP contribution in [0.2, 0.25) is 0 Å². The van der Waals surface area contributed by atoms with E-state index in [1.54, 1.807) is 0 Å². The van der Waals surface area contributed by atoms with Gasteiger partial charge in [-0.15, -0.1) is 0 Å². The van der Waals surface area contributed by atoms with Crippen LogP contribution in [0.25, 0.3) is 0 Å². The van der Waals surface area contributed by atoms with Gasteiger partial charge in [-0.05, 0) is 25.3 Å². The molecule has 0 fully saturated rings. The van der Waals surface area contributed by atoms with Crippen molar-refractivity contribution < 1.29 is 0 Å². The lowest BCUT2D eigenvalue weighted by Gasteiger charge is -1.83. The Morgan fingerprint density at radius 3 is 2.75 bits per heavy atom. The number of nitrogens with zero attached hydrogens (tertiary/aromatic N) is 1. The summed E-state index contributed by atoms with van der Waals surface area (Å²) in [4.78, 5) is 6.65. The predicted molar refractivity (Wildman–Crippen MR) is 34.7 cm³/mol. The first-order valence-electron chi connectivity index (χ1n) is 2.45. The molecule has 0 atom stereocenters. The zero-order valence-electron chi connectivity index (χ0n) is 4.81. The van der Waals surface area contributed by atoms with Crippen molar-refractivity contribution in [3.8, 4) is 0 Å². The maximum Gasteiger partial charge on any atom is 0.132 e. The molecule has 0 aliphatic carbocycles. The van der Waals surface area contributed by atoms with E-state index in [0.29, 0.717) is 0 Å². The summed E-state index contributed by atoms with van der Waals surface area (Å²) >= 11 is 0. The molecule has 0 aliphatic heterocycles. The smallest absolute Gasteiger partial charge is 0.132 e. The normalized spacial score (nSPS) is 9.12. The lowest BCUT2D eigenvalue weighted by Crippen LogP contribution is -1.62. The molecule has 0 unspecified atom stereocenters. The molecule has 0 saturated carbocycles. The van der Waals surface area contributed by atoms with Gasteiger partial charge >= 0.3 is 0 Å². The molecule has 2 heteroatoms. The average molecular weight is 108 g/mol. The van der Waals surface area contributed by atoms with Gasteiger partial charge in [-0.25, -0.2) is 4.99 Å². The molecule has 1 rings (SSSR count). The van der Waals surface area contributed by atoms with E-state index in [9.17, 15) is 0 Å². The van der Waals surface area contributed by atoms with E-state index in [1.165, 1.54) is 0 Å². The maximum atomic E-state index is 3.72. The van der Waals surface area contributed by atoms with E-state index in [1.807, 2.05) is 19.2 Å². The van der Waals surface area contributed by atoms with E-state index in [0.717, 1.165) is 11.4 Å². The van der Waals surface area contributed by atoms with Gasteiger partial charge in [-0.1, -0.05) is 0 Å². The highest BCUT2D eigenvalue weighted by Gasteiger charge is 1.90. The molecule has 8 heavy (non-hydrogen) atoms. The molecule has 1 aromatic rings. The van der Waals surface area contributed by atoms with E-state index in [-0.39, 0.29) is 0 Å². The largest absolute Gasteiger partial charge is 0.346 e. The number of hydrogen-bond acceptors (Lipinski definition) is 1. The van der Waals surface area contributed by atoms with Crippen molar-refractivity contribution in [1.82, 2.24) is 4.98 Å². The minimum absolute atomic E-state index is 0.866. The Morgan fingerprint density at radius 2 is 2.50 bits per heavy atom. The number of aliphatic imine (C=N–C) groups is 1. The molecule has 0 bridgehead atoms. The molecule has 0 aliphatic rings. The summed E-state index contributed by atoms with van der Waals surface area (Å²) in [6.45, 7) is 5.37. The highest BCUT2D eigenvalue weighted by atomic mass is 14.9. The fraction of sp³-hybridized carbons (Fsp3) is 0.167. The van der Waals surface area contributed by atoms with Crippen LogP contribution in [-0.4, -0.2) is 11.7 Å². The van der Waals surface area contributed by atoms with Crippen LogP contribution >= 0.6 is 0 Å². The third-order valence-corrected chi connectivity index (χ3v) is 1.09. The second kappa shape index (κ2) is 1.82. The molecule has 0 saturated heterocycles. The Balaban J connectivity index is 3.09. The lowest BCUT2D eigenvalue weighted by molar-refractivity contribution is 1.32. The highest BCUT2D eigenvalue weighted by molar-refractivity contribution is 5.45. The molecule has 0 radical (unpaired) electrons. The first kappa shape index (κ1) is 5.09. The van der Waals surface area contributed by atoms with Gasteiger partial charge in [-0.3, -0.25) is 0 Å². The summed E-state index contributed by atoms with van der Waals surface area (Å²) in [5.41, 5.74) is 1.14. The minimum atomic E-state index is 0.866. The summed E-state index contributed by atoms with van der Waals surface area (Å²) in [5, 5.41) is 0. The molecule has 42 valence electrons. The van der Waals surface area contributed by atoms with Crippen molar-refractivity contribution >= 4 is 12.5 Å². The van der Waals surface area contributed by atoms with E-state index in [4.69, 9.17) is 0 Å². The standard InChI is InChI=1S/C6H8N2/c1-5-3-4-8-6(5)7-2/h3-4,8H,2H2,1H3. The molecule has 1 N–H and O–H groups in total. The fourth-order valence-corrected chi connectivity index (χ4v) is 0.609. The van der Waals surface area contributed by atoms with Crippen LogP contribution in [0.3, 0.4) is 0 Å². The Morgan fingerprint density at radius 1 is 1.75 bits per heavy atom. The van der Waals surface area contributed by atoms with Crippen LogP contribution in [0.15, 0.2) is 17.3 Å².